The topological polar surface area (TPSA) is 85.8 Å². The van der Waals surface area contributed by atoms with Gasteiger partial charge in [0.1, 0.15) is 6.33 Å². The van der Waals surface area contributed by atoms with Gasteiger partial charge in [-0.15, -0.1) is 0 Å². The fourth-order valence-corrected chi connectivity index (χ4v) is 1.17. The lowest BCUT2D eigenvalue weighted by Gasteiger charge is -2.03. The van der Waals surface area contributed by atoms with Crippen molar-refractivity contribution >= 4 is 5.95 Å². The lowest BCUT2D eigenvalue weighted by molar-refractivity contribution is 0.859. The third kappa shape index (κ3) is 1.84. The van der Waals surface area contributed by atoms with Crippen LogP contribution in [-0.4, -0.2) is 14.5 Å². The molecule has 6 nitrogen and oxygen atoms in total. The van der Waals surface area contributed by atoms with Crippen LogP contribution in [-0.2, 0) is 0 Å². The maximum absolute atomic E-state index is 11.5. The molecule has 0 amide bonds. The first-order valence-electron chi connectivity index (χ1n) is 4.29. The van der Waals surface area contributed by atoms with Crippen LogP contribution in [0.2, 0.25) is 0 Å². The summed E-state index contributed by atoms with van der Waals surface area (Å²) in [5, 5.41) is 0. The molecule has 0 aliphatic carbocycles. The van der Waals surface area contributed by atoms with Crippen molar-refractivity contribution < 1.29 is 0 Å². The number of nitrogens with two attached hydrogens (primary N) is 1. The number of aromatic nitrogens is 3. The average molecular weight is 203 g/mol. The first-order valence-corrected chi connectivity index (χ1v) is 4.29. The normalized spacial score (nSPS) is 9.93. The van der Waals surface area contributed by atoms with E-state index in [0.29, 0.717) is 5.69 Å². The highest BCUT2D eigenvalue weighted by molar-refractivity contribution is 5.31. The van der Waals surface area contributed by atoms with Crippen molar-refractivity contribution in [3.05, 3.63) is 47.1 Å². The predicted octanol–water partition coefficient (Wildman–Crippen LogP) is -0.0869. The number of para-hydroxylation sites is 1. The Hall–Kier alpha value is -2.21. The van der Waals surface area contributed by atoms with E-state index in [2.05, 4.69) is 15.4 Å². The third-order valence-electron chi connectivity index (χ3n) is 1.87. The molecule has 0 unspecified atom stereocenters. The van der Waals surface area contributed by atoms with Crippen LogP contribution in [0.5, 0.6) is 0 Å². The highest BCUT2D eigenvalue weighted by Gasteiger charge is 2.01. The van der Waals surface area contributed by atoms with Crippen molar-refractivity contribution in [3.8, 4) is 5.69 Å². The van der Waals surface area contributed by atoms with Gasteiger partial charge in [-0.1, -0.05) is 18.2 Å². The molecule has 2 rings (SSSR count). The van der Waals surface area contributed by atoms with Crippen molar-refractivity contribution in [2.75, 3.05) is 5.43 Å². The first-order chi connectivity index (χ1) is 7.31. The van der Waals surface area contributed by atoms with Crippen molar-refractivity contribution in [2.45, 2.75) is 0 Å². The molecular formula is C9H9N5O. The van der Waals surface area contributed by atoms with Crippen molar-refractivity contribution in [2.24, 2.45) is 5.84 Å². The summed E-state index contributed by atoms with van der Waals surface area (Å²) in [6, 6.07) is 9.11. The minimum atomic E-state index is -0.427. The highest BCUT2D eigenvalue weighted by atomic mass is 16.1. The maximum Gasteiger partial charge on any atom is 0.356 e. The smallest absolute Gasteiger partial charge is 0.292 e. The van der Waals surface area contributed by atoms with E-state index in [-0.39, 0.29) is 5.95 Å². The molecular weight excluding hydrogens is 194 g/mol. The SMILES string of the molecule is NNc1ncn(-c2ccccc2)c(=O)n1. The summed E-state index contributed by atoms with van der Waals surface area (Å²) in [5.41, 5.74) is 2.50. The number of hydrogen-bond acceptors (Lipinski definition) is 5. The number of anilines is 1. The molecule has 2 aromatic rings. The van der Waals surface area contributed by atoms with Gasteiger partial charge in [-0.2, -0.15) is 4.98 Å². The molecule has 76 valence electrons. The second-order valence-corrected chi connectivity index (χ2v) is 2.81. The second kappa shape index (κ2) is 3.89. The fraction of sp³-hybridized carbons (Fsp3) is 0. The predicted molar refractivity (Wildman–Crippen MR) is 55.4 cm³/mol. The number of nitrogens with zero attached hydrogens (tertiary/aromatic N) is 3. The Kier molecular flexibility index (Phi) is 2.42. The quantitative estimate of drug-likeness (QED) is 0.526. The van der Waals surface area contributed by atoms with E-state index in [4.69, 9.17) is 5.84 Å². The molecule has 1 aromatic carbocycles. The molecule has 6 heteroatoms. The Bertz CT molecular complexity index is 507. The average Bonchev–Trinajstić information content (AvgIpc) is 2.30. The van der Waals surface area contributed by atoms with E-state index in [1.807, 2.05) is 18.2 Å². The minimum Gasteiger partial charge on any atom is -0.292 e. The lowest BCUT2D eigenvalue weighted by atomic mass is 10.3. The van der Waals surface area contributed by atoms with Crippen LogP contribution in [0, 0.1) is 0 Å². The molecule has 0 saturated heterocycles. The number of nitrogen functional groups attached to an aromatic ring is 1. The maximum atomic E-state index is 11.5. The molecule has 0 atom stereocenters. The van der Waals surface area contributed by atoms with Crippen LogP contribution in [0.1, 0.15) is 0 Å². The van der Waals surface area contributed by atoms with Crippen LogP contribution in [0.15, 0.2) is 41.5 Å². The van der Waals surface area contributed by atoms with E-state index in [9.17, 15) is 4.79 Å². The zero-order chi connectivity index (χ0) is 10.7. The van der Waals surface area contributed by atoms with Crippen molar-refractivity contribution in [1.82, 2.24) is 14.5 Å². The molecule has 0 aliphatic rings. The number of hydrazine groups is 1. The number of benzene rings is 1. The summed E-state index contributed by atoms with van der Waals surface area (Å²) < 4.78 is 1.33. The van der Waals surface area contributed by atoms with Gasteiger partial charge in [0, 0.05) is 0 Å². The van der Waals surface area contributed by atoms with Crippen LogP contribution < -0.4 is 17.0 Å². The van der Waals surface area contributed by atoms with E-state index < -0.39 is 5.69 Å². The van der Waals surface area contributed by atoms with Crippen LogP contribution in [0.25, 0.3) is 5.69 Å². The summed E-state index contributed by atoms with van der Waals surface area (Å²) in [6.07, 6.45) is 1.37. The van der Waals surface area contributed by atoms with E-state index in [0.717, 1.165) is 0 Å². The van der Waals surface area contributed by atoms with Crippen molar-refractivity contribution in [3.63, 3.8) is 0 Å². The van der Waals surface area contributed by atoms with Crippen LogP contribution in [0.3, 0.4) is 0 Å². The Morgan fingerprint density at radius 1 is 1.27 bits per heavy atom. The zero-order valence-electron chi connectivity index (χ0n) is 7.79. The zero-order valence-corrected chi connectivity index (χ0v) is 7.79. The van der Waals surface area contributed by atoms with Crippen molar-refractivity contribution in [1.29, 1.82) is 0 Å². The summed E-state index contributed by atoms with van der Waals surface area (Å²) in [5.74, 6) is 5.19. The van der Waals surface area contributed by atoms with Crippen LogP contribution in [0.4, 0.5) is 5.95 Å². The first kappa shape index (κ1) is 9.35. The summed E-state index contributed by atoms with van der Waals surface area (Å²) in [6.45, 7) is 0. The molecule has 0 saturated carbocycles. The molecule has 0 bridgehead atoms. The molecule has 1 heterocycles. The number of hydrogen-bond donors (Lipinski definition) is 2. The molecule has 3 N–H and O–H groups in total. The number of nitrogens with one attached hydrogen (secondary N) is 1. The van der Waals surface area contributed by atoms with E-state index in [1.165, 1.54) is 10.9 Å². The third-order valence-corrected chi connectivity index (χ3v) is 1.87. The summed E-state index contributed by atoms with van der Waals surface area (Å²) in [7, 11) is 0. The molecule has 1 aromatic heterocycles. The monoisotopic (exact) mass is 203 g/mol. The second-order valence-electron chi connectivity index (χ2n) is 2.81. The Morgan fingerprint density at radius 3 is 2.60 bits per heavy atom. The molecule has 0 radical (unpaired) electrons. The van der Waals surface area contributed by atoms with Gasteiger partial charge in [-0.25, -0.2) is 15.6 Å². The standard InChI is InChI=1S/C9H9N5O/c10-13-8-11-6-14(9(15)12-8)7-4-2-1-3-5-7/h1-6H,10H2,(H,12,13,15). The Labute approximate surface area is 85.4 Å². The van der Waals surface area contributed by atoms with Gasteiger partial charge in [0.15, 0.2) is 0 Å². The molecule has 0 fully saturated rings. The minimum absolute atomic E-state index is 0.104. The fourth-order valence-electron chi connectivity index (χ4n) is 1.17. The number of rotatable bonds is 2. The van der Waals surface area contributed by atoms with Gasteiger partial charge in [-0.05, 0) is 12.1 Å². The Morgan fingerprint density at radius 2 is 2.00 bits per heavy atom. The molecule has 15 heavy (non-hydrogen) atoms. The van der Waals surface area contributed by atoms with E-state index >= 15 is 0 Å². The Balaban J connectivity index is 2.51. The van der Waals surface area contributed by atoms with E-state index in [1.54, 1.807) is 12.1 Å². The highest BCUT2D eigenvalue weighted by Crippen LogP contribution is 2.02. The largest absolute Gasteiger partial charge is 0.356 e. The molecule has 0 aliphatic heterocycles. The van der Waals surface area contributed by atoms with Gasteiger partial charge >= 0.3 is 5.69 Å². The van der Waals surface area contributed by atoms with Gasteiger partial charge in [0.2, 0.25) is 5.95 Å². The van der Waals surface area contributed by atoms with Gasteiger partial charge < -0.3 is 0 Å². The van der Waals surface area contributed by atoms with Gasteiger partial charge in [0.25, 0.3) is 0 Å². The van der Waals surface area contributed by atoms with Gasteiger partial charge in [-0.3, -0.25) is 9.99 Å². The summed E-state index contributed by atoms with van der Waals surface area (Å²) >= 11 is 0. The van der Waals surface area contributed by atoms with Gasteiger partial charge in [0.05, 0.1) is 5.69 Å². The lowest BCUT2D eigenvalue weighted by Crippen LogP contribution is -2.24. The molecule has 0 spiro atoms. The van der Waals surface area contributed by atoms with Crippen LogP contribution >= 0.6 is 0 Å². The summed E-state index contributed by atoms with van der Waals surface area (Å²) in [4.78, 5) is 19.0.